The molecule has 0 radical (unpaired) electrons. The highest BCUT2D eigenvalue weighted by Crippen LogP contribution is 2.23. The van der Waals surface area contributed by atoms with Crippen LogP contribution in [0.4, 0.5) is 0 Å². The number of hydrogen-bond donors (Lipinski definition) is 0. The van der Waals surface area contributed by atoms with E-state index in [-0.39, 0.29) is 0 Å². The summed E-state index contributed by atoms with van der Waals surface area (Å²) in [6.45, 7) is 0. The Balaban J connectivity index is 2.29. The molecule has 0 spiro atoms. The van der Waals surface area contributed by atoms with Crippen LogP contribution < -0.4 is 0 Å². The van der Waals surface area contributed by atoms with Crippen LogP contribution in [0.15, 0.2) is 60.7 Å². The first-order valence-electron chi connectivity index (χ1n) is 4.94. The molecule has 74 valence electrons. The van der Waals surface area contributed by atoms with Gasteiger partial charge in [-0.25, -0.2) is 0 Å². The smallest absolute Gasteiger partial charge is 0.0185 e. The van der Waals surface area contributed by atoms with Crippen molar-refractivity contribution in [3.63, 3.8) is 0 Å². The molecule has 0 bridgehead atoms. The highest BCUT2D eigenvalue weighted by molar-refractivity contribution is 7.32. The first-order valence-corrected chi connectivity index (χ1v) is 5.51. The Morgan fingerprint density at radius 2 is 1.33 bits per heavy atom. The van der Waals surface area contributed by atoms with Crippen molar-refractivity contribution in [3.05, 3.63) is 71.8 Å². The third kappa shape index (κ3) is 2.78. The van der Waals surface area contributed by atoms with E-state index in [1.165, 1.54) is 16.4 Å². The molecule has 0 aliphatic rings. The lowest BCUT2D eigenvalue weighted by molar-refractivity contribution is 1.64. The molecule has 0 saturated heterocycles. The van der Waals surface area contributed by atoms with Crippen LogP contribution >= 0.6 is 9.24 Å². The van der Waals surface area contributed by atoms with E-state index in [2.05, 4.69) is 63.8 Å². The minimum atomic E-state index is 1.21. The number of rotatable bonds is 2. The van der Waals surface area contributed by atoms with E-state index >= 15 is 0 Å². The standard InChI is InChI=1S/C14H13P/c15-14(13-9-5-2-6-10-13)11-12-7-3-1-4-8-12/h1-11H,15H2/b14-11-. The first kappa shape index (κ1) is 10.1. The van der Waals surface area contributed by atoms with Crippen LogP contribution in [-0.4, -0.2) is 0 Å². The van der Waals surface area contributed by atoms with E-state index < -0.39 is 0 Å². The zero-order chi connectivity index (χ0) is 10.5. The normalized spacial score (nSPS) is 11.4. The molecule has 0 saturated carbocycles. The van der Waals surface area contributed by atoms with Gasteiger partial charge in [-0.15, -0.1) is 9.24 Å². The van der Waals surface area contributed by atoms with Gasteiger partial charge in [-0.3, -0.25) is 0 Å². The van der Waals surface area contributed by atoms with Gasteiger partial charge in [-0.1, -0.05) is 60.7 Å². The van der Waals surface area contributed by atoms with Gasteiger partial charge in [0.2, 0.25) is 0 Å². The summed E-state index contributed by atoms with van der Waals surface area (Å²) in [5.41, 5.74) is 2.47. The Kier molecular flexibility index (Phi) is 3.32. The summed E-state index contributed by atoms with van der Waals surface area (Å²) >= 11 is 0. The summed E-state index contributed by atoms with van der Waals surface area (Å²) in [4.78, 5) is 0. The van der Waals surface area contributed by atoms with Crippen LogP contribution in [0.2, 0.25) is 0 Å². The second-order valence-corrected chi connectivity index (χ2v) is 4.00. The molecule has 1 heteroatoms. The molecule has 0 N–H and O–H groups in total. The summed E-state index contributed by atoms with van der Waals surface area (Å²) < 4.78 is 0. The second-order valence-electron chi connectivity index (χ2n) is 3.38. The lowest BCUT2D eigenvalue weighted by atomic mass is 10.1. The van der Waals surface area contributed by atoms with E-state index in [1.807, 2.05) is 12.1 Å². The molecule has 1 atom stereocenters. The lowest BCUT2D eigenvalue weighted by Gasteiger charge is -2.00. The topological polar surface area (TPSA) is 0 Å². The molecule has 0 fully saturated rings. The van der Waals surface area contributed by atoms with E-state index in [1.54, 1.807) is 0 Å². The summed E-state index contributed by atoms with van der Waals surface area (Å²) in [5.74, 6) is 0. The Morgan fingerprint density at radius 3 is 1.93 bits per heavy atom. The summed E-state index contributed by atoms with van der Waals surface area (Å²) in [5, 5.41) is 1.21. The Morgan fingerprint density at radius 1 is 0.800 bits per heavy atom. The van der Waals surface area contributed by atoms with Crippen molar-refractivity contribution in [1.29, 1.82) is 0 Å². The second kappa shape index (κ2) is 4.91. The lowest BCUT2D eigenvalue weighted by Crippen LogP contribution is -1.75. The van der Waals surface area contributed by atoms with Gasteiger partial charge in [-0.05, 0) is 22.5 Å². The zero-order valence-electron chi connectivity index (χ0n) is 8.43. The van der Waals surface area contributed by atoms with Gasteiger partial charge in [0.1, 0.15) is 0 Å². The fourth-order valence-corrected chi connectivity index (χ4v) is 1.83. The third-order valence-corrected chi connectivity index (χ3v) is 2.73. The van der Waals surface area contributed by atoms with Crippen molar-refractivity contribution in [3.8, 4) is 0 Å². The Labute approximate surface area is 92.9 Å². The molecule has 0 heterocycles. The largest absolute Gasteiger partial charge is 0.105 e. The Bertz CT molecular complexity index is 443. The molecule has 15 heavy (non-hydrogen) atoms. The maximum absolute atomic E-state index is 2.78. The predicted octanol–water partition coefficient (Wildman–Crippen LogP) is 4.06. The molecule has 2 rings (SSSR count). The highest BCUT2D eigenvalue weighted by Gasteiger charge is 1.93. The zero-order valence-corrected chi connectivity index (χ0v) is 9.58. The van der Waals surface area contributed by atoms with E-state index in [4.69, 9.17) is 0 Å². The molecule has 1 unspecified atom stereocenters. The molecule has 0 nitrogen and oxygen atoms in total. The number of benzene rings is 2. The minimum Gasteiger partial charge on any atom is -0.105 e. The van der Waals surface area contributed by atoms with Crippen LogP contribution in [0.5, 0.6) is 0 Å². The van der Waals surface area contributed by atoms with E-state index in [0.717, 1.165) is 0 Å². The van der Waals surface area contributed by atoms with Crippen LogP contribution in [0.25, 0.3) is 11.4 Å². The molecule has 0 amide bonds. The van der Waals surface area contributed by atoms with Crippen molar-refractivity contribution < 1.29 is 0 Å². The van der Waals surface area contributed by atoms with Crippen molar-refractivity contribution >= 4 is 20.6 Å². The fourth-order valence-electron chi connectivity index (χ4n) is 1.44. The Hall–Kier alpha value is -1.39. The van der Waals surface area contributed by atoms with Gasteiger partial charge in [0.25, 0.3) is 0 Å². The summed E-state index contributed by atoms with van der Waals surface area (Å²) in [6, 6.07) is 20.7. The first-order chi connectivity index (χ1) is 7.36. The van der Waals surface area contributed by atoms with Gasteiger partial charge >= 0.3 is 0 Å². The van der Waals surface area contributed by atoms with Crippen molar-refractivity contribution in [2.24, 2.45) is 0 Å². The fraction of sp³-hybridized carbons (Fsp3) is 0. The predicted molar refractivity (Wildman–Crippen MR) is 70.5 cm³/mol. The average Bonchev–Trinajstić information content (AvgIpc) is 2.31. The van der Waals surface area contributed by atoms with Crippen LogP contribution in [-0.2, 0) is 0 Å². The highest BCUT2D eigenvalue weighted by atomic mass is 31.0. The molecule has 0 aliphatic heterocycles. The monoisotopic (exact) mass is 212 g/mol. The molecular formula is C14H13P. The van der Waals surface area contributed by atoms with E-state index in [0.29, 0.717) is 0 Å². The maximum Gasteiger partial charge on any atom is -0.0185 e. The molecule has 0 aromatic heterocycles. The number of hydrogen-bond acceptors (Lipinski definition) is 0. The SMILES string of the molecule is P/C(=C\c1ccccc1)c1ccccc1. The van der Waals surface area contributed by atoms with Crippen LogP contribution in [0.3, 0.4) is 0 Å². The molecular weight excluding hydrogens is 199 g/mol. The van der Waals surface area contributed by atoms with Gasteiger partial charge in [0.05, 0.1) is 0 Å². The molecule has 2 aromatic carbocycles. The van der Waals surface area contributed by atoms with Crippen molar-refractivity contribution in [2.45, 2.75) is 0 Å². The van der Waals surface area contributed by atoms with Crippen LogP contribution in [0.1, 0.15) is 11.1 Å². The van der Waals surface area contributed by atoms with Gasteiger partial charge in [-0.2, -0.15) is 0 Å². The van der Waals surface area contributed by atoms with Gasteiger partial charge < -0.3 is 0 Å². The van der Waals surface area contributed by atoms with Crippen LogP contribution in [0, 0.1) is 0 Å². The summed E-state index contributed by atoms with van der Waals surface area (Å²) in [7, 11) is 2.78. The summed E-state index contributed by atoms with van der Waals surface area (Å²) in [6.07, 6.45) is 2.17. The van der Waals surface area contributed by atoms with E-state index in [9.17, 15) is 0 Å². The van der Waals surface area contributed by atoms with Gasteiger partial charge in [0, 0.05) is 0 Å². The average molecular weight is 212 g/mol. The molecule has 0 aliphatic carbocycles. The van der Waals surface area contributed by atoms with Crippen molar-refractivity contribution in [1.82, 2.24) is 0 Å². The van der Waals surface area contributed by atoms with Gasteiger partial charge in [0.15, 0.2) is 0 Å². The molecule has 2 aromatic rings. The quantitative estimate of drug-likeness (QED) is 0.520. The maximum atomic E-state index is 2.78. The van der Waals surface area contributed by atoms with Crippen molar-refractivity contribution in [2.75, 3.05) is 0 Å². The minimum absolute atomic E-state index is 1.21. The third-order valence-electron chi connectivity index (χ3n) is 2.23.